The van der Waals surface area contributed by atoms with Gasteiger partial charge in [0.25, 0.3) is 0 Å². The minimum absolute atomic E-state index is 0.376. The van der Waals surface area contributed by atoms with Crippen LogP contribution in [0.1, 0.15) is 12.8 Å². The van der Waals surface area contributed by atoms with Gasteiger partial charge >= 0.3 is 11.9 Å². The molecular formula is C12H18O6. The molecular weight excluding hydrogens is 240 g/mol. The summed E-state index contributed by atoms with van der Waals surface area (Å²) in [4.78, 5) is 23.3. The third-order valence-corrected chi connectivity index (χ3v) is 2.61. The number of hydrogen-bond donors (Lipinski definition) is 2. The van der Waals surface area contributed by atoms with Crippen LogP contribution in [0.25, 0.3) is 0 Å². The van der Waals surface area contributed by atoms with Crippen molar-refractivity contribution in [3.8, 4) is 0 Å². The smallest absolute Gasteiger partial charge is 0.341 e. The second-order valence-corrected chi connectivity index (χ2v) is 3.69. The molecule has 0 aliphatic heterocycles. The SMILES string of the molecule is C=CCC(O)(C(=O)OC)C(O)(CC=C)C(=O)OC. The largest absolute Gasteiger partial charge is 0.467 e. The van der Waals surface area contributed by atoms with Crippen LogP contribution in [0.15, 0.2) is 25.3 Å². The Morgan fingerprint density at radius 2 is 1.28 bits per heavy atom. The van der Waals surface area contributed by atoms with Gasteiger partial charge in [0, 0.05) is 12.8 Å². The van der Waals surface area contributed by atoms with Gasteiger partial charge in [0.05, 0.1) is 14.2 Å². The van der Waals surface area contributed by atoms with Crippen LogP contribution in [0, 0.1) is 0 Å². The van der Waals surface area contributed by atoms with Crippen LogP contribution in [0.5, 0.6) is 0 Å². The fourth-order valence-corrected chi connectivity index (χ4v) is 1.60. The summed E-state index contributed by atoms with van der Waals surface area (Å²) >= 11 is 0. The van der Waals surface area contributed by atoms with E-state index in [1.54, 1.807) is 0 Å². The molecule has 0 amide bonds. The van der Waals surface area contributed by atoms with E-state index in [-0.39, 0.29) is 12.8 Å². The van der Waals surface area contributed by atoms with Crippen LogP contribution in [-0.4, -0.2) is 47.6 Å². The van der Waals surface area contributed by atoms with Crippen molar-refractivity contribution < 1.29 is 29.3 Å². The zero-order valence-electron chi connectivity index (χ0n) is 10.5. The van der Waals surface area contributed by atoms with Gasteiger partial charge in [0.1, 0.15) is 0 Å². The quantitative estimate of drug-likeness (QED) is 0.491. The van der Waals surface area contributed by atoms with Crippen LogP contribution in [0.2, 0.25) is 0 Å². The lowest BCUT2D eigenvalue weighted by atomic mass is 9.77. The molecule has 6 nitrogen and oxygen atoms in total. The minimum Gasteiger partial charge on any atom is -0.467 e. The zero-order chi connectivity index (χ0) is 14.4. The average molecular weight is 258 g/mol. The molecule has 0 spiro atoms. The van der Waals surface area contributed by atoms with E-state index in [0.29, 0.717) is 0 Å². The summed E-state index contributed by atoms with van der Waals surface area (Å²) in [7, 11) is 2.06. The van der Waals surface area contributed by atoms with E-state index in [0.717, 1.165) is 14.2 Å². The highest BCUT2D eigenvalue weighted by Crippen LogP contribution is 2.32. The molecule has 0 aromatic heterocycles. The van der Waals surface area contributed by atoms with Crippen LogP contribution < -0.4 is 0 Å². The van der Waals surface area contributed by atoms with E-state index < -0.39 is 23.1 Å². The Bertz CT molecular complexity index is 316. The molecule has 0 aliphatic carbocycles. The van der Waals surface area contributed by atoms with Crippen molar-refractivity contribution in [3.05, 3.63) is 25.3 Å². The highest BCUT2D eigenvalue weighted by Gasteiger charge is 2.60. The van der Waals surface area contributed by atoms with Crippen molar-refractivity contribution >= 4 is 11.9 Å². The van der Waals surface area contributed by atoms with E-state index in [1.807, 2.05) is 0 Å². The van der Waals surface area contributed by atoms with Gasteiger partial charge in [-0.15, -0.1) is 13.2 Å². The van der Waals surface area contributed by atoms with Crippen molar-refractivity contribution in [3.63, 3.8) is 0 Å². The Labute approximate surface area is 106 Å². The average Bonchev–Trinajstić information content (AvgIpc) is 2.36. The molecule has 0 saturated heterocycles. The second-order valence-electron chi connectivity index (χ2n) is 3.69. The molecule has 0 aromatic carbocycles. The number of carbonyl (C=O) groups is 2. The van der Waals surface area contributed by atoms with Crippen LogP contribution in [-0.2, 0) is 19.1 Å². The molecule has 6 heteroatoms. The van der Waals surface area contributed by atoms with Gasteiger partial charge < -0.3 is 19.7 Å². The summed E-state index contributed by atoms with van der Waals surface area (Å²) in [6.45, 7) is 6.73. The molecule has 18 heavy (non-hydrogen) atoms. The topological polar surface area (TPSA) is 93.1 Å². The molecule has 102 valence electrons. The Morgan fingerprint density at radius 1 is 1.00 bits per heavy atom. The van der Waals surface area contributed by atoms with Crippen molar-refractivity contribution in [2.75, 3.05) is 14.2 Å². The predicted octanol–water partition coefficient (Wildman–Crippen LogP) is -0.0532. The molecule has 0 heterocycles. The third-order valence-electron chi connectivity index (χ3n) is 2.61. The summed E-state index contributed by atoms with van der Waals surface area (Å²) in [5.74, 6) is -2.31. The lowest BCUT2D eigenvalue weighted by molar-refractivity contribution is -0.209. The fourth-order valence-electron chi connectivity index (χ4n) is 1.60. The summed E-state index contributed by atoms with van der Waals surface area (Å²) in [5, 5.41) is 20.6. The Balaban J connectivity index is 5.76. The van der Waals surface area contributed by atoms with Gasteiger partial charge in [-0.1, -0.05) is 12.2 Å². The van der Waals surface area contributed by atoms with Crippen LogP contribution >= 0.6 is 0 Å². The Kier molecular flexibility index (Phi) is 5.74. The zero-order valence-corrected chi connectivity index (χ0v) is 10.5. The molecule has 0 aromatic rings. The predicted molar refractivity (Wildman–Crippen MR) is 63.6 cm³/mol. The monoisotopic (exact) mass is 258 g/mol. The molecule has 0 rings (SSSR count). The first-order chi connectivity index (χ1) is 8.33. The van der Waals surface area contributed by atoms with Gasteiger partial charge in [-0.2, -0.15) is 0 Å². The van der Waals surface area contributed by atoms with Gasteiger partial charge in [0.15, 0.2) is 0 Å². The van der Waals surface area contributed by atoms with E-state index in [9.17, 15) is 19.8 Å². The molecule has 2 unspecified atom stereocenters. The summed E-state index contributed by atoms with van der Waals surface area (Å²) in [6, 6.07) is 0. The van der Waals surface area contributed by atoms with Crippen molar-refractivity contribution in [1.82, 2.24) is 0 Å². The summed E-state index contributed by atoms with van der Waals surface area (Å²) < 4.78 is 8.83. The number of esters is 2. The first-order valence-corrected chi connectivity index (χ1v) is 5.17. The van der Waals surface area contributed by atoms with E-state index in [1.165, 1.54) is 12.2 Å². The first kappa shape index (κ1) is 16.3. The third kappa shape index (κ3) is 2.60. The standard InChI is InChI=1S/C12H18O6/c1-5-7-11(15,9(13)17-3)12(16,8-6-2)10(14)18-4/h5-6,15-16H,1-2,7-8H2,3-4H3. The van der Waals surface area contributed by atoms with Gasteiger partial charge in [-0.3, -0.25) is 0 Å². The van der Waals surface area contributed by atoms with Crippen molar-refractivity contribution in [2.24, 2.45) is 0 Å². The second kappa shape index (κ2) is 6.32. The van der Waals surface area contributed by atoms with Crippen molar-refractivity contribution in [1.29, 1.82) is 0 Å². The van der Waals surface area contributed by atoms with E-state index in [2.05, 4.69) is 22.6 Å². The highest BCUT2D eigenvalue weighted by atomic mass is 16.6. The maximum atomic E-state index is 11.6. The lowest BCUT2D eigenvalue weighted by Crippen LogP contribution is -2.64. The van der Waals surface area contributed by atoms with Crippen molar-refractivity contribution in [2.45, 2.75) is 24.0 Å². The maximum Gasteiger partial charge on any atom is 0.341 e. The number of rotatable bonds is 7. The number of ether oxygens (including phenoxy) is 2. The molecule has 2 N–H and O–H groups in total. The van der Waals surface area contributed by atoms with Gasteiger partial charge in [-0.25, -0.2) is 9.59 Å². The lowest BCUT2D eigenvalue weighted by Gasteiger charge is -2.37. The fraction of sp³-hybridized carbons (Fsp3) is 0.500. The van der Waals surface area contributed by atoms with Crippen LogP contribution in [0.4, 0.5) is 0 Å². The normalized spacial score (nSPS) is 16.9. The summed E-state index contributed by atoms with van der Waals surface area (Å²) in [6.07, 6.45) is 1.63. The number of methoxy groups -OCH3 is 2. The molecule has 0 radical (unpaired) electrons. The number of aliphatic hydroxyl groups is 2. The number of carbonyl (C=O) groups excluding carboxylic acids is 2. The van der Waals surface area contributed by atoms with E-state index >= 15 is 0 Å². The summed E-state index contributed by atoms with van der Waals surface area (Å²) in [5.41, 5.74) is -4.96. The molecule has 0 saturated carbocycles. The number of hydrogen-bond acceptors (Lipinski definition) is 6. The van der Waals surface area contributed by atoms with Gasteiger partial charge in [-0.05, 0) is 0 Å². The Hall–Kier alpha value is -1.66. The first-order valence-electron chi connectivity index (χ1n) is 5.17. The molecule has 0 fully saturated rings. The maximum absolute atomic E-state index is 11.6. The Morgan fingerprint density at radius 3 is 1.44 bits per heavy atom. The van der Waals surface area contributed by atoms with Gasteiger partial charge in [0.2, 0.25) is 11.2 Å². The van der Waals surface area contributed by atoms with E-state index in [4.69, 9.17) is 0 Å². The van der Waals surface area contributed by atoms with Crippen LogP contribution in [0.3, 0.4) is 0 Å². The minimum atomic E-state index is -2.48. The molecule has 0 aliphatic rings. The molecule has 2 atom stereocenters. The highest BCUT2D eigenvalue weighted by molar-refractivity contribution is 5.92. The molecule has 0 bridgehead atoms.